The number of carbonyl (C=O) groups is 1. The van der Waals surface area contributed by atoms with Crippen LogP contribution >= 0.6 is 0 Å². The fourth-order valence-corrected chi connectivity index (χ4v) is 3.85. The lowest BCUT2D eigenvalue weighted by molar-refractivity contribution is 0.0955. The Bertz CT molecular complexity index is 1390. The zero-order valence-corrected chi connectivity index (χ0v) is 18.1. The van der Waals surface area contributed by atoms with E-state index >= 15 is 0 Å². The van der Waals surface area contributed by atoms with Crippen LogP contribution in [0.1, 0.15) is 16.1 Å². The van der Waals surface area contributed by atoms with Crippen molar-refractivity contribution >= 4 is 11.4 Å². The molecule has 7 heteroatoms. The number of nitrogens with zero attached hydrogens (tertiary/aromatic N) is 3. The Hall–Kier alpha value is -4.39. The van der Waals surface area contributed by atoms with Crippen molar-refractivity contribution in [3.8, 4) is 28.3 Å². The predicted molar refractivity (Wildman–Crippen MR) is 125 cm³/mol. The summed E-state index contributed by atoms with van der Waals surface area (Å²) in [6.45, 7) is 0.482. The summed E-state index contributed by atoms with van der Waals surface area (Å²) in [5.74, 6) is 0.611. The average Bonchev–Trinajstić information content (AvgIpc) is 3.52. The standard InChI is InChI=1S/C26H22N4O3/c1-32-22-7-4-5-18(13-22)19-8-9-21-14-23(25(30(21)15-19)24-16-33-17-29-24)26(31)28-12-10-20-6-2-3-11-27-20/h2-9,11,13-17H,10,12H2,1H3,(H,28,31). The molecular formula is C26H22N4O3. The van der Waals surface area contributed by atoms with Crippen LogP contribution in [0.2, 0.25) is 0 Å². The maximum Gasteiger partial charge on any atom is 0.253 e. The number of methoxy groups -OCH3 is 1. The molecule has 0 saturated heterocycles. The van der Waals surface area contributed by atoms with Gasteiger partial charge in [-0.2, -0.15) is 0 Å². The molecule has 33 heavy (non-hydrogen) atoms. The van der Waals surface area contributed by atoms with Gasteiger partial charge in [-0.15, -0.1) is 0 Å². The van der Waals surface area contributed by atoms with Gasteiger partial charge in [-0.25, -0.2) is 4.98 Å². The van der Waals surface area contributed by atoms with Crippen molar-refractivity contribution in [1.29, 1.82) is 0 Å². The van der Waals surface area contributed by atoms with Crippen LogP contribution in [0.4, 0.5) is 0 Å². The Morgan fingerprint density at radius 2 is 2.00 bits per heavy atom. The number of nitrogens with one attached hydrogen (secondary N) is 1. The van der Waals surface area contributed by atoms with Gasteiger partial charge in [-0.05, 0) is 47.5 Å². The maximum absolute atomic E-state index is 13.1. The Balaban J connectivity index is 1.50. The number of carbonyl (C=O) groups excluding carboxylic acids is 1. The molecular weight excluding hydrogens is 416 g/mol. The number of pyridine rings is 2. The summed E-state index contributed by atoms with van der Waals surface area (Å²) in [4.78, 5) is 21.8. The predicted octanol–water partition coefficient (Wildman–Crippen LogP) is 4.64. The SMILES string of the molecule is COc1cccc(-c2ccc3cc(C(=O)NCCc4ccccn4)c(-c4cocn4)n3c2)c1. The third kappa shape index (κ3) is 4.21. The topological polar surface area (TPSA) is 81.7 Å². The molecule has 0 atom stereocenters. The minimum atomic E-state index is -0.171. The highest BCUT2D eigenvalue weighted by molar-refractivity contribution is 6.02. The fraction of sp³-hybridized carbons (Fsp3) is 0.115. The largest absolute Gasteiger partial charge is 0.497 e. The molecule has 5 rings (SSSR count). The van der Waals surface area contributed by atoms with Crippen LogP contribution in [0.3, 0.4) is 0 Å². The third-order valence-corrected chi connectivity index (χ3v) is 5.48. The van der Waals surface area contributed by atoms with Crippen LogP contribution in [0.15, 0.2) is 90.1 Å². The van der Waals surface area contributed by atoms with Gasteiger partial charge in [-0.1, -0.05) is 24.3 Å². The number of benzene rings is 1. The second-order valence-corrected chi connectivity index (χ2v) is 7.55. The molecule has 0 spiro atoms. The number of oxazole rings is 1. The Kier molecular flexibility index (Phi) is 5.59. The molecule has 1 amide bonds. The Labute approximate surface area is 190 Å². The van der Waals surface area contributed by atoms with Crippen LogP contribution in [0.25, 0.3) is 28.0 Å². The quantitative estimate of drug-likeness (QED) is 0.400. The second-order valence-electron chi connectivity index (χ2n) is 7.55. The van der Waals surface area contributed by atoms with Crippen LogP contribution in [-0.2, 0) is 6.42 Å². The number of hydrogen-bond donors (Lipinski definition) is 1. The Morgan fingerprint density at radius 3 is 2.79 bits per heavy atom. The van der Waals surface area contributed by atoms with Crippen molar-refractivity contribution in [3.63, 3.8) is 0 Å². The summed E-state index contributed by atoms with van der Waals surface area (Å²) in [7, 11) is 1.65. The average molecular weight is 438 g/mol. The fourth-order valence-electron chi connectivity index (χ4n) is 3.85. The van der Waals surface area contributed by atoms with Crippen molar-refractivity contribution < 1.29 is 13.9 Å². The van der Waals surface area contributed by atoms with Crippen molar-refractivity contribution in [1.82, 2.24) is 19.7 Å². The number of amides is 1. The van der Waals surface area contributed by atoms with Crippen LogP contribution in [0, 0.1) is 0 Å². The molecule has 7 nitrogen and oxygen atoms in total. The first-order valence-corrected chi connectivity index (χ1v) is 10.6. The molecule has 4 aromatic heterocycles. The first-order chi connectivity index (χ1) is 16.2. The van der Waals surface area contributed by atoms with Crippen molar-refractivity contribution in [2.24, 2.45) is 0 Å². The van der Waals surface area contributed by atoms with E-state index in [0.29, 0.717) is 29.9 Å². The van der Waals surface area contributed by atoms with Crippen molar-refractivity contribution in [2.45, 2.75) is 6.42 Å². The molecule has 0 aliphatic heterocycles. The van der Waals surface area contributed by atoms with E-state index in [0.717, 1.165) is 28.1 Å². The van der Waals surface area contributed by atoms with Gasteiger partial charge in [0.1, 0.15) is 17.7 Å². The van der Waals surface area contributed by atoms with E-state index in [1.54, 1.807) is 19.6 Å². The molecule has 1 N–H and O–H groups in total. The highest BCUT2D eigenvalue weighted by Gasteiger charge is 2.20. The van der Waals surface area contributed by atoms with Gasteiger partial charge in [0.2, 0.25) is 0 Å². The summed E-state index contributed by atoms with van der Waals surface area (Å²) in [5.41, 5.74) is 5.62. The highest BCUT2D eigenvalue weighted by Crippen LogP contribution is 2.30. The molecule has 0 radical (unpaired) electrons. The molecule has 0 fully saturated rings. The van der Waals surface area contributed by atoms with E-state index in [-0.39, 0.29) is 5.91 Å². The summed E-state index contributed by atoms with van der Waals surface area (Å²) < 4.78 is 12.6. The molecule has 0 saturated carbocycles. The number of ether oxygens (including phenoxy) is 1. The minimum Gasteiger partial charge on any atom is -0.497 e. The number of aromatic nitrogens is 3. The first-order valence-electron chi connectivity index (χ1n) is 10.6. The molecule has 4 heterocycles. The summed E-state index contributed by atoms with van der Waals surface area (Å²) in [6, 6.07) is 19.5. The molecule has 5 aromatic rings. The molecule has 0 aliphatic carbocycles. The first kappa shape index (κ1) is 20.5. The summed E-state index contributed by atoms with van der Waals surface area (Å²) >= 11 is 0. The zero-order valence-electron chi connectivity index (χ0n) is 18.1. The molecule has 0 bridgehead atoms. The second kappa shape index (κ2) is 9.00. The van der Waals surface area contributed by atoms with Gasteiger partial charge < -0.3 is 18.9 Å². The maximum atomic E-state index is 13.1. The summed E-state index contributed by atoms with van der Waals surface area (Å²) in [6.07, 6.45) is 7.31. The van der Waals surface area contributed by atoms with E-state index in [9.17, 15) is 4.79 Å². The smallest absolute Gasteiger partial charge is 0.253 e. The molecule has 0 aliphatic rings. The zero-order chi connectivity index (χ0) is 22.6. The number of fused-ring (bicyclic) bond motifs is 1. The molecule has 164 valence electrons. The normalized spacial score (nSPS) is 10.9. The van der Waals surface area contributed by atoms with Crippen LogP contribution in [0.5, 0.6) is 5.75 Å². The third-order valence-electron chi connectivity index (χ3n) is 5.48. The Morgan fingerprint density at radius 1 is 1.06 bits per heavy atom. The lowest BCUT2D eigenvalue weighted by Crippen LogP contribution is -2.26. The highest BCUT2D eigenvalue weighted by atomic mass is 16.5. The molecule has 0 unspecified atom stereocenters. The lowest BCUT2D eigenvalue weighted by atomic mass is 10.1. The van der Waals surface area contributed by atoms with E-state index in [1.165, 1.54) is 6.39 Å². The van der Waals surface area contributed by atoms with E-state index < -0.39 is 0 Å². The number of rotatable bonds is 7. The number of hydrogen-bond acceptors (Lipinski definition) is 5. The van der Waals surface area contributed by atoms with Crippen molar-refractivity contribution in [2.75, 3.05) is 13.7 Å². The van der Waals surface area contributed by atoms with E-state index in [1.807, 2.05) is 71.3 Å². The van der Waals surface area contributed by atoms with Crippen LogP contribution < -0.4 is 10.1 Å². The van der Waals surface area contributed by atoms with Gasteiger partial charge >= 0.3 is 0 Å². The monoisotopic (exact) mass is 438 g/mol. The van der Waals surface area contributed by atoms with E-state index in [2.05, 4.69) is 15.3 Å². The van der Waals surface area contributed by atoms with Gasteiger partial charge in [0.15, 0.2) is 6.39 Å². The van der Waals surface area contributed by atoms with Crippen molar-refractivity contribution in [3.05, 3.63) is 97.0 Å². The summed E-state index contributed by atoms with van der Waals surface area (Å²) in [5, 5.41) is 3.00. The van der Waals surface area contributed by atoms with Crippen LogP contribution in [-0.4, -0.2) is 33.9 Å². The van der Waals surface area contributed by atoms with Gasteiger partial charge in [-0.3, -0.25) is 9.78 Å². The van der Waals surface area contributed by atoms with Gasteiger partial charge in [0.05, 0.1) is 18.4 Å². The molecule has 1 aromatic carbocycles. The van der Waals surface area contributed by atoms with E-state index in [4.69, 9.17) is 9.15 Å². The minimum absolute atomic E-state index is 0.171. The van der Waals surface area contributed by atoms with Gasteiger partial charge in [0, 0.05) is 36.6 Å². The van der Waals surface area contributed by atoms with Gasteiger partial charge in [0.25, 0.3) is 5.91 Å². The lowest BCUT2D eigenvalue weighted by Gasteiger charge is -2.08.